The molecule has 0 aliphatic rings. The third-order valence-corrected chi connectivity index (χ3v) is 0.421. The summed E-state index contributed by atoms with van der Waals surface area (Å²) < 4.78 is 0. The van der Waals surface area contributed by atoms with Crippen molar-refractivity contribution in [3.8, 4) is 0 Å². The van der Waals surface area contributed by atoms with Crippen molar-refractivity contribution in [2.75, 3.05) is 13.2 Å². The van der Waals surface area contributed by atoms with E-state index in [2.05, 4.69) is 0 Å². The van der Waals surface area contributed by atoms with Crippen molar-refractivity contribution in [3.05, 3.63) is 0 Å². The minimum absolute atomic E-state index is 0.365. The molecule has 116 valence electrons. The van der Waals surface area contributed by atoms with Gasteiger partial charge in [0.2, 0.25) is 0 Å². The second-order valence-corrected chi connectivity index (χ2v) is 3.43. The van der Waals surface area contributed by atoms with E-state index in [-0.39, 0.29) is 13.2 Å². The molecular weight excluding hydrogens is 321 g/mol. The van der Waals surface area contributed by atoms with E-state index in [1.807, 2.05) is 0 Å². The summed E-state index contributed by atoms with van der Waals surface area (Å²) in [5, 5.41) is 24.0. The zero-order chi connectivity index (χ0) is 15.7. The molecule has 0 rings (SSSR count). The summed E-state index contributed by atoms with van der Waals surface area (Å²) in [6.07, 6.45) is -0.954. The molecule has 0 aliphatic carbocycles. The van der Waals surface area contributed by atoms with Gasteiger partial charge in [-0.3, -0.25) is 0 Å². The summed E-state index contributed by atoms with van der Waals surface area (Å²) in [6, 6.07) is 0. The maximum Gasteiger partial charge on any atom is 0.324 e. The predicted molar refractivity (Wildman–Crippen MR) is 60.9 cm³/mol. The normalized spacial score (nSPS) is 9.33. The molecular formula is C3H17O12P3. The number of hydrogen-bond acceptors (Lipinski definition) is 12. The van der Waals surface area contributed by atoms with Crippen LogP contribution in [0.3, 0.4) is 0 Å². The molecule has 0 heterocycles. The Morgan fingerprint density at radius 2 is 0.667 bits per heavy atom. The molecule has 0 radical (unpaired) electrons. The number of aliphatic hydroxyl groups is 3. The van der Waals surface area contributed by atoms with Crippen molar-refractivity contribution in [3.63, 3.8) is 0 Å². The van der Waals surface area contributed by atoms with E-state index < -0.39 is 31.9 Å². The Bertz CT molecular complexity index is 96.6. The first kappa shape index (κ1) is 27.2. The van der Waals surface area contributed by atoms with Gasteiger partial charge in [-0.25, -0.2) is 0 Å². The van der Waals surface area contributed by atoms with Gasteiger partial charge in [-0.1, -0.05) is 0 Å². The van der Waals surface area contributed by atoms with Crippen LogP contribution in [0.5, 0.6) is 0 Å². The lowest BCUT2D eigenvalue weighted by Crippen LogP contribution is -2.15. The van der Waals surface area contributed by atoms with Gasteiger partial charge in [0.25, 0.3) is 0 Å². The highest BCUT2D eigenvalue weighted by Crippen LogP contribution is 2.12. The summed E-state index contributed by atoms with van der Waals surface area (Å²) in [7, 11) is -7.86. The molecule has 0 fully saturated rings. The average molecular weight is 338 g/mol. The first-order chi connectivity index (χ1) is 8.00. The van der Waals surface area contributed by atoms with Gasteiger partial charge in [0.1, 0.15) is 6.10 Å². The van der Waals surface area contributed by atoms with E-state index in [0.29, 0.717) is 0 Å². The van der Waals surface area contributed by atoms with Crippen molar-refractivity contribution < 1.29 is 59.4 Å². The van der Waals surface area contributed by atoms with Crippen LogP contribution in [0, 0.1) is 0 Å². The first-order valence-electron chi connectivity index (χ1n) is 3.51. The summed E-state index contributed by atoms with van der Waals surface area (Å²) in [5.74, 6) is 0. The van der Waals surface area contributed by atoms with Gasteiger partial charge in [0, 0.05) is 0 Å². The average Bonchev–Trinajstić information content (AvgIpc) is 2.13. The maximum atomic E-state index is 8.17. The van der Waals surface area contributed by atoms with Crippen LogP contribution in [0.15, 0.2) is 0 Å². The molecule has 0 saturated carbocycles. The van der Waals surface area contributed by atoms with Gasteiger partial charge < -0.3 is 59.4 Å². The van der Waals surface area contributed by atoms with E-state index in [0.717, 1.165) is 0 Å². The number of aliphatic hydroxyl groups excluding tert-OH is 3. The second-order valence-electron chi connectivity index (χ2n) is 1.82. The smallest absolute Gasteiger partial charge is 0.324 e. The van der Waals surface area contributed by atoms with Crippen molar-refractivity contribution in [2.45, 2.75) is 6.10 Å². The lowest BCUT2D eigenvalue weighted by molar-refractivity contribution is 0.0450. The Kier molecular flexibility index (Phi) is 34.7. The molecule has 0 aromatic rings. The van der Waals surface area contributed by atoms with Crippen LogP contribution in [-0.4, -0.2) is 78.7 Å². The highest BCUT2D eigenvalue weighted by molar-refractivity contribution is 7.38. The standard InChI is InChI=1S/C3H8O3.3H3O3P/c4-1-3(6)2-5;3*1-4(2)3/h3-6H,1-2H2;3*1-3H. The van der Waals surface area contributed by atoms with E-state index in [1.54, 1.807) is 0 Å². The Hall–Kier alpha value is 0.810. The van der Waals surface area contributed by atoms with Gasteiger partial charge in [-0.05, 0) is 0 Å². The Labute approximate surface area is 105 Å². The van der Waals surface area contributed by atoms with E-state index in [1.165, 1.54) is 0 Å². The second kappa shape index (κ2) is 22.9. The van der Waals surface area contributed by atoms with Crippen LogP contribution in [0.25, 0.3) is 0 Å². The maximum absolute atomic E-state index is 8.17. The summed E-state index contributed by atoms with van der Waals surface area (Å²) in [4.78, 5) is 65.1. The van der Waals surface area contributed by atoms with Crippen molar-refractivity contribution in [1.29, 1.82) is 0 Å². The molecule has 15 heteroatoms. The molecule has 0 bridgehead atoms. The van der Waals surface area contributed by atoms with Crippen LogP contribution < -0.4 is 0 Å². The monoisotopic (exact) mass is 338 g/mol. The fourth-order valence-corrected chi connectivity index (χ4v) is 0.0577. The third-order valence-electron chi connectivity index (χ3n) is 0.421. The summed E-state index contributed by atoms with van der Waals surface area (Å²) in [6.45, 7) is -0.729. The highest BCUT2D eigenvalue weighted by Gasteiger charge is 1.93. The molecule has 0 atom stereocenters. The van der Waals surface area contributed by atoms with Crippen molar-refractivity contribution in [2.24, 2.45) is 0 Å². The van der Waals surface area contributed by atoms with E-state index in [9.17, 15) is 0 Å². The topological polar surface area (TPSA) is 243 Å². The molecule has 0 unspecified atom stereocenters. The molecule has 18 heavy (non-hydrogen) atoms. The van der Waals surface area contributed by atoms with Crippen LogP contribution in [-0.2, 0) is 0 Å². The first-order valence-corrected chi connectivity index (χ1v) is 7.11. The SMILES string of the molecule is OCC(O)CO.OP(O)O.OP(O)O.OP(O)O. The molecule has 0 amide bonds. The summed E-state index contributed by atoms with van der Waals surface area (Å²) >= 11 is 0. The molecule has 0 aliphatic heterocycles. The van der Waals surface area contributed by atoms with Crippen LogP contribution >= 0.6 is 25.8 Å². The zero-order valence-electron chi connectivity index (χ0n) is 8.70. The van der Waals surface area contributed by atoms with Gasteiger partial charge in [0.15, 0.2) is 0 Å². The Balaban J connectivity index is -0.0000000742. The van der Waals surface area contributed by atoms with Crippen molar-refractivity contribution in [1.82, 2.24) is 0 Å². The van der Waals surface area contributed by atoms with E-state index in [4.69, 9.17) is 59.4 Å². The van der Waals surface area contributed by atoms with Crippen LogP contribution in [0.2, 0.25) is 0 Å². The summed E-state index contributed by atoms with van der Waals surface area (Å²) in [5.41, 5.74) is 0. The van der Waals surface area contributed by atoms with Gasteiger partial charge in [-0.15, -0.1) is 0 Å². The zero-order valence-corrected chi connectivity index (χ0v) is 11.4. The largest absolute Gasteiger partial charge is 0.394 e. The fraction of sp³-hybridized carbons (Fsp3) is 1.00. The van der Waals surface area contributed by atoms with Crippen LogP contribution in [0.1, 0.15) is 0 Å². The van der Waals surface area contributed by atoms with Crippen molar-refractivity contribution >= 4 is 25.8 Å². The van der Waals surface area contributed by atoms with Gasteiger partial charge in [-0.2, -0.15) is 0 Å². The molecule has 12 nitrogen and oxygen atoms in total. The van der Waals surface area contributed by atoms with Gasteiger partial charge in [0.05, 0.1) is 13.2 Å². The van der Waals surface area contributed by atoms with Gasteiger partial charge >= 0.3 is 25.8 Å². The lowest BCUT2D eigenvalue weighted by atomic mass is 10.4. The van der Waals surface area contributed by atoms with E-state index >= 15 is 0 Å². The molecule has 0 saturated heterocycles. The molecule has 0 aromatic heterocycles. The number of hydrogen-bond donors (Lipinski definition) is 12. The fourth-order valence-electron chi connectivity index (χ4n) is 0.0577. The highest BCUT2D eigenvalue weighted by atomic mass is 31.2. The number of rotatable bonds is 2. The predicted octanol–water partition coefficient (Wildman–Crippen LogP) is -4.10. The minimum Gasteiger partial charge on any atom is -0.394 e. The Morgan fingerprint density at radius 1 is 0.556 bits per heavy atom. The third kappa shape index (κ3) is 182. The quantitative estimate of drug-likeness (QED) is 0.215. The van der Waals surface area contributed by atoms with Crippen LogP contribution in [0.4, 0.5) is 0 Å². The Morgan fingerprint density at radius 3 is 0.667 bits per heavy atom. The molecule has 0 spiro atoms. The lowest BCUT2D eigenvalue weighted by Gasteiger charge is -1.96. The minimum atomic E-state index is -2.62. The molecule has 12 N–H and O–H groups in total. The molecule has 0 aromatic carbocycles.